The zero-order chi connectivity index (χ0) is 24.0. The van der Waals surface area contributed by atoms with Gasteiger partial charge in [-0.15, -0.1) is 0 Å². The fourth-order valence-electron chi connectivity index (χ4n) is 4.32. The summed E-state index contributed by atoms with van der Waals surface area (Å²) in [6.45, 7) is 1.25. The average molecular weight is 467 g/mol. The molecule has 0 bridgehead atoms. The van der Waals surface area contributed by atoms with E-state index in [4.69, 9.17) is 0 Å². The average Bonchev–Trinajstić information content (AvgIpc) is 3.24. The van der Waals surface area contributed by atoms with E-state index < -0.39 is 29.2 Å². The predicted molar refractivity (Wildman–Crippen MR) is 121 cm³/mol. The van der Waals surface area contributed by atoms with Gasteiger partial charge >= 0.3 is 0 Å². The summed E-state index contributed by atoms with van der Waals surface area (Å²) in [4.78, 5) is 32.1. The Morgan fingerprint density at radius 1 is 1.12 bits per heavy atom. The number of halogens is 3. The first kappa shape index (κ1) is 21.9. The van der Waals surface area contributed by atoms with Crippen LogP contribution in [0.5, 0.6) is 0 Å². The Balaban J connectivity index is 1.38. The van der Waals surface area contributed by atoms with Crippen LogP contribution in [0.1, 0.15) is 28.0 Å². The minimum absolute atomic E-state index is 0.00340. The fourth-order valence-corrected chi connectivity index (χ4v) is 4.32. The zero-order valence-electron chi connectivity index (χ0n) is 18.2. The monoisotopic (exact) mass is 467 g/mol. The number of carbonyl (C=O) groups is 1. The number of pyridine rings is 1. The third-order valence-electron chi connectivity index (χ3n) is 6.09. The highest BCUT2D eigenvalue weighted by atomic mass is 19.1. The quantitative estimate of drug-likeness (QED) is 0.452. The smallest absolute Gasteiger partial charge is 0.272 e. The van der Waals surface area contributed by atoms with E-state index in [1.807, 2.05) is 11.0 Å². The zero-order valence-corrected chi connectivity index (χ0v) is 18.2. The molecule has 3 aromatic heterocycles. The van der Waals surface area contributed by atoms with Crippen molar-refractivity contribution in [2.45, 2.75) is 13.0 Å². The topological polar surface area (TPSA) is 82.5 Å². The van der Waals surface area contributed by atoms with Gasteiger partial charge in [-0.05, 0) is 42.3 Å². The molecule has 0 saturated heterocycles. The largest absolute Gasteiger partial charge is 0.354 e. The van der Waals surface area contributed by atoms with Gasteiger partial charge in [-0.1, -0.05) is 12.1 Å². The lowest BCUT2D eigenvalue weighted by Gasteiger charge is -2.27. The molecule has 1 aliphatic heterocycles. The van der Waals surface area contributed by atoms with Crippen LogP contribution in [0.3, 0.4) is 0 Å². The summed E-state index contributed by atoms with van der Waals surface area (Å²) in [5, 5.41) is 2.41. The number of aromatic nitrogens is 3. The van der Waals surface area contributed by atoms with E-state index in [-0.39, 0.29) is 28.8 Å². The molecule has 0 spiro atoms. The van der Waals surface area contributed by atoms with Crippen molar-refractivity contribution in [3.05, 3.63) is 87.4 Å². The van der Waals surface area contributed by atoms with E-state index in [0.717, 1.165) is 16.0 Å². The number of nitrogens with one attached hydrogen (secondary N) is 2. The third kappa shape index (κ3) is 3.65. The standard InChI is InChI=1S/C24H20F3N5O2/c1-28-23(33)16-4-3-15(22(27)29-16)13-8-10-31(11-9-13)12-14-2-5-17-21(20(14)26)30-24(34)18-6-7-19(25)32(17)18/h2-8H,9-12H2,1H3,(H,28,33)(H,30,34). The van der Waals surface area contributed by atoms with Crippen LogP contribution in [0.4, 0.5) is 13.2 Å². The van der Waals surface area contributed by atoms with E-state index >= 15 is 4.39 Å². The number of nitrogens with zero attached hydrogens (tertiary/aromatic N) is 3. The molecule has 5 rings (SSSR count). The summed E-state index contributed by atoms with van der Waals surface area (Å²) in [5.41, 5.74) is 1.17. The fraction of sp³-hybridized carbons (Fsp3) is 0.208. The summed E-state index contributed by atoms with van der Waals surface area (Å²) in [7, 11) is 1.45. The van der Waals surface area contributed by atoms with E-state index in [9.17, 15) is 18.4 Å². The number of rotatable bonds is 4. The van der Waals surface area contributed by atoms with Crippen LogP contribution in [-0.4, -0.2) is 45.3 Å². The molecular weight excluding hydrogens is 447 g/mol. The molecule has 1 amide bonds. The van der Waals surface area contributed by atoms with Crippen molar-refractivity contribution in [1.82, 2.24) is 24.6 Å². The Hall–Kier alpha value is -3.92. The number of amides is 1. The first-order valence-electron chi connectivity index (χ1n) is 10.7. The van der Waals surface area contributed by atoms with Crippen LogP contribution in [0, 0.1) is 17.7 Å². The van der Waals surface area contributed by atoms with Gasteiger partial charge in [0.1, 0.15) is 16.7 Å². The van der Waals surface area contributed by atoms with Gasteiger partial charge in [0.25, 0.3) is 11.5 Å². The van der Waals surface area contributed by atoms with Gasteiger partial charge in [-0.2, -0.15) is 8.78 Å². The SMILES string of the molecule is CNC(=O)c1ccc(C2=CCN(Cc3ccc4c([nH]c(=O)c5ccc(F)n54)c3F)CC2)c(F)n1. The van der Waals surface area contributed by atoms with Gasteiger partial charge in [-0.3, -0.25) is 18.9 Å². The van der Waals surface area contributed by atoms with Crippen LogP contribution >= 0.6 is 0 Å². The third-order valence-corrected chi connectivity index (χ3v) is 6.09. The second-order valence-electron chi connectivity index (χ2n) is 8.09. The molecular formula is C24H20F3N5O2. The maximum Gasteiger partial charge on any atom is 0.272 e. The summed E-state index contributed by atoms with van der Waals surface area (Å²) >= 11 is 0. The van der Waals surface area contributed by atoms with Gasteiger partial charge in [0.05, 0.1) is 5.52 Å². The number of hydrogen-bond donors (Lipinski definition) is 2. The van der Waals surface area contributed by atoms with Crippen LogP contribution in [-0.2, 0) is 6.54 Å². The van der Waals surface area contributed by atoms with Crippen LogP contribution in [0.15, 0.2) is 47.3 Å². The molecule has 2 N–H and O–H groups in total. The minimum Gasteiger partial charge on any atom is -0.354 e. The Morgan fingerprint density at radius 2 is 1.91 bits per heavy atom. The number of H-pyrrole nitrogens is 1. The maximum absolute atomic E-state index is 15.3. The molecule has 4 aromatic rings. The Bertz CT molecular complexity index is 1540. The molecule has 174 valence electrons. The summed E-state index contributed by atoms with van der Waals surface area (Å²) in [5.74, 6) is -2.43. The highest BCUT2D eigenvalue weighted by Crippen LogP contribution is 2.27. The molecule has 0 unspecified atom stereocenters. The number of hydrogen-bond acceptors (Lipinski definition) is 4. The number of carbonyl (C=O) groups excluding carboxylic acids is 1. The van der Waals surface area contributed by atoms with Gasteiger partial charge in [0.15, 0.2) is 11.8 Å². The maximum atomic E-state index is 15.3. The van der Waals surface area contributed by atoms with E-state index in [0.29, 0.717) is 30.6 Å². The molecule has 0 fully saturated rings. The van der Waals surface area contributed by atoms with Crippen molar-refractivity contribution in [1.29, 1.82) is 0 Å². The van der Waals surface area contributed by atoms with Gasteiger partial charge in [-0.25, -0.2) is 9.37 Å². The highest BCUT2D eigenvalue weighted by Gasteiger charge is 2.20. The molecule has 7 nitrogen and oxygen atoms in total. The summed E-state index contributed by atoms with van der Waals surface area (Å²) < 4.78 is 45.0. The summed E-state index contributed by atoms with van der Waals surface area (Å²) in [6.07, 6.45) is 2.36. The normalized spacial score (nSPS) is 14.5. The molecule has 4 heterocycles. The molecule has 34 heavy (non-hydrogen) atoms. The minimum atomic E-state index is -0.714. The number of benzene rings is 1. The molecule has 1 aromatic carbocycles. The lowest BCUT2D eigenvalue weighted by Crippen LogP contribution is -2.29. The second-order valence-corrected chi connectivity index (χ2v) is 8.09. The van der Waals surface area contributed by atoms with Crippen molar-refractivity contribution in [2.75, 3.05) is 20.1 Å². The van der Waals surface area contributed by atoms with Crippen LogP contribution in [0.2, 0.25) is 0 Å². The predicted octanol–water partition coefficient (Wildman–Crippen LogP) is 3.24. The number of aromatic amines is 1. The van der Waals surface area contributed by atoms with Crippen molar-refractivity contribution in [2.24, 2.45) is 0 Å². The van der Waals surface area contributed by atoms with E-state index in [1.54, 1.807) is 12.1 Å². The number of fused-ring (bicyclic) bond motifs is 3. The molecule has 0 aliphatic carbocycles. The molecule has 0 atom stereocenters. The Kier molecular flexibility index (Phi) is 5.45. The van der Waals surface area contributed by atoms with Crippen LogP contribution in [0.25, 0.3) is 22.1 Å². The Labute approximate surface area is 191 Å². The van der Waals surface area contributed by atoms with E-state index in [2.05, 4.69) is 15.3 Å². The lowest BCUT2D eigenvalue weighted by molar-refractivity contribution is 0.0957. The van der Waals surface area contributed by atoms with Crippen LogP contribution < -0.4 is 10.9 Å². The Morgan fingerprint density at radius 3 is 2.62 bits per heavy atom. The van der Waals surface area contributed by atoms with Crippen molar-refractivity contribution < 1.29 is 18.0 Å². The lowest BCUT2D eigenvalue weighted by atomic mass is 10.00. The molecule has 0 radical (unpaired) electrons. The van der Waals surface area contributed by atoms with Gasteiger partial charge in [0.2, 0.25) is 5.95 Å². The second kappa shape index (κ2) is 8.45. The van der Waals surface area contributed by atoms with Crippen molar-refractivity contribution >= 4 is 28.0 Å². The highest BCUT2D eigenvalue weighted by molar-refractivity contribution is 5.92. The first-order valence-corrected chi connectivity index (χ1v) is 10.7. The van der Waals surface area contributed by atoms with E-state index in [1.165, 1.54) is 25.2 Å². The first-order chi connectivity index (χ1) is 16.4. The molecule has 0 saturated carbocycles. The molecule has 1 aliphatic rings. The van der Waals surface area contributed by atoms with Crippen molar-refractivity contribution in [3.8, 4) is 0 Å². The van der Waals surface area contributed by atoms with Gasteiger partial charge < -0.3 is 10.3 Å². The molecule has 10 heteroatoms. The van der Waals surface area contributed by atoms with Crippen molar-refractivity contribution in [3.63, 3.8) is 0 Å². The summed E-state index contributed by atoms with van der Waals surface area (Å²) in [6, 6.07) is 8.68. The van der Waals surface area contributed by atoms with Gasteiger partial charge in [0, 0.05) is 37.8 Å².